The molecular formula is C19H23FN4O. The number of amides is 1. The van der Waals surface area contributed by atoms with E-state index < -0.39 is 0 Å². The molecule has 1 saturated heterocycles. The van der Waals surface area contributed by atoms with Gasteiger partial charge in [0.15, 0.2) is 0 Å². The van der Waals surface area contributed by atoms with Crippen molar-refractivity contribution in [1.29, 1.82) is 0 Å². The van der Waals surface area contributed by atoms with Crippen LogP contribution < -0.4 is 4.90 Å². The van der Waals surface area contributed by atoms with Gasteiger partial charge in [-0.1, -0.05) is 6.07 Å². The summed E-state index contributed by atoms with van der Waals surface area (Å²) in [5, 5.41) is 0. The maximum atomic E-state index is 13.4. The first-order chi connectivity index (χ1) is 11.9. The highest BCUT2D eigenvalue weighted by Gasteiger charge is 2.26. The molecule has 25 heavy (non-hydrogen) atoms. The molecule has 0 spiro atoms. The summed E-state index contributed by atoms with van der Waals surface area (Å²) in [6, 6.07) is 6.63. The van der Waals surface area contributed by atoms with Gasteiger partial charge in [-0.25, -0.2) is 9.37 Å². The van der Waals surface area contributed by atoms with Crippen LogP contribution in [0, 0.1) is 19.7 Å². The third kappa shape index (κ3) is 3.90. The van der Waals surface area contributed by atoms with Gasteiger partial charge >= 0.3 is 0 Å². The minimum absolute atomic E-state index is 0.0295. The van der Waals surface area contributed by atoms with Crippen LogP contribution in [0.25, 0.3) is 6.08 Å². The van der Waals surface area contributed by atoms with Crippen molar-refractivity contribution in [2.24, 2.45) is 0 Å². The van der Waals surface area contributed by atoms with Crippen LogP contribution in [0.4, 0.5) is 10.1 Å². The first-order valence-electron chi connectivity index (χ1n) is 8.46. The first-order valence-corrected chi connectivity index (χ1v) is 8.46. The van der Waals surface area contributed by atoms with Gasteiger partial charge in [0.25, 0.3) is 0 Å². The monoisotopic (exact) mass is 342 g/mol. The van der Waals surface area contributed by atoms with Crippen molar-refractivity contribution >= 4 is 17.7 Å². The van der Waals surface area contributed by atoms with E-state index in [-0.39, 0.29) is 17.8 Å². The fourth-order valence-electron chi connectivity index (χ4n) is 3.09. The van der Waals surface area contributed by atoms with Gasteiger partial charge in [0.05, 0.1) is 5.69 Å². The number of carbonyl (C=O) groups is 1. The Labute approximate surface area is 147 Å². The number of aromatic nitrogens is 2. The van der Waals surface area contributed by atoms with Crippen molar-refractivity contribution in [1.82, 2.24) is 14.9 Å². The summed E-state index contributed by atoms with van der Waals surface area (Å²) >= 11 is 0. The Kier molecular flexibility index (Phi) is 4.88. The third-order valence-electron chi connectivity index (χ3n) is 4.61. The second kappa shape index (κ2) is 7.09. The number of carbonyl (C=O) groups excluding carboxylic acids is 1. The van der Waals surface area contributed by atoms with Crippen LogP contribution in [0.15, 0.2) is 30.3 Å². The van der Waals surface area contributed by atoms with Crippen molar-refractivity contribution in [3.05, 3.63) is 53.4 Å². The molecular weight excluding hydrogens is 319 g/mol. The molecule has 1 aromatic carbocycles. The van der Waals surface area contributed by atoms with Crippen LogP contribution in [0.1, 0.15) is 24.1 Å². The van der Waals surface area contributed by atoms with E-state index in [4.69, 9.17) is 0 Å². The number of hydrogen-bond acceptors (Lipinski definition) is 3. The van der Waals surface area contributed by atoms with E-state index in [0.717, 1.165) is 17.1 Å². The Morgan fingerprint density at radius 2 is 2.16 bits per heavy atom. The lowest BCUT2D eigenvalue weighted by molar-refractivity contribution is -0.128. The van der Waals surface area contributed by atoms with Gasteiger partial charge < -0.3 is 14.8 Å². The van der Waals surface area contributed by atoms with E-state index in [1.165, 1.54) is 12.1 Å². The third-order valence-corrected chi connectivity index (χ3v) is 4.61. The van der Waals surface area contributed by atoms with Crippen molar-refractivity contribution in [3.63, 3.8) is 0 Å². The van der Waals surface area contributed by atoms with Gasteiger partial charge in [-0.05, 0) is 45.0 Å². The molecule has 6 heteroatoms. The molecule has 0 bridgehead atoms. The molecule has 1 fully saturated rings. The van der Waals surface area contributed by atoms with E-state index in [2.05, 4.69) is 14.9 Å². The lowest BCUT2D eigenvalue weighted by Crippen LogP contribution is -2.53. The van der Waals surface area contributed by atoms with Crippen molar-refractivity contribution < 1.29 is 9.18 Å². The number of benzene rings is 1. The van der Waals surface area contributed by atoms with Gasteiger partial charge in [-0.15, -0.1) is 0 Å². The van der Waals surface area contributed by atoms with Crippen LogP contribution in [-0.2, 0) is 4.79 Å². The summed E-state index contributed by atoms with van der Waals surface area (Å²) in [4.78, 5) is 23.9. The van der Waals surface area contributed by atoms with Gasteiger partial charge in [0, 0.05) is 43.1 Å². The summed E-state index contributed by atoms with van der Waals surface area (Å²) < 4.78 is 13.4. The van der Waals surface area contributed by atoms with E-state index in [9.17, 15) is 9.18 Å². The number of aryl methyl sites for hydroxylation is 2. The Bertz CT molecular complexity index is 779. The molecule has 3 rings (SSSR count). The summed E-state index contributed by atoms with van der Waals surface area (Å²) in [7, 11) is 0. The molecule has 0 saturated carbocycles. The van der Waals surface area contributed by atoms with Crippen LogP contribution in [0.3, 0.4) is 0 Å². The van der Waals surface area contributed by atoms with Gasteiger partial charge in [0.2, 0.25) is 5.91 Å². The van der Waals surface area contributed by atoms with E-state index >= 15 is 0 Å². The van der Waals surface area contributed by atoms with Crippen molar-refractivity contribution in [3.8, 4) is 0 Å². The number of nitrogens with zero attached hydrogens (tertiary/aromatic N) is 3. The highest BCUT2D eigenvalue weighted by Crippen LogP contribution is 2.20. The molecule has 1 aliphatic heterocycles. The quantitative estimate of drug-likeness (QED) is 0.873. The fourth-order valence-corrected chi connectivity index (χ4v) is 3.09. The zero-order valence-electron chi connectivity index (χ0n) is 14.8. The van der Waals surface area contributed by atoms with Crippen LogP contribution in [0.2, 0.25) is 0 Å². The van der Waals surface area contributed by atoms with E-state index in [0.29, 0.717) is 25.5 Å². The Morgan fingerprint density at radius 1 is 1.36 bits per heavy atom. The number of hydrogen-bond donors (Lipinski definition) is 1. The minimum Gasteiger partial charge on any atom is -0.368 e. The highest BCUT2D eigenvalue weighted by atomic mass is 19.1. The molecule has 1 aromatic heterocycles. The predicted molar refractivity (Wildman–Crippen MR) is 96.9 cm³/mol. The number of anilines is 1. The van der Waals surface area contributed by atoms with Crippen LogP contribution in [0.5, 0.6) is 0 Å². The topological polar surface area (TPSA) is 52.2 Å². The standard InChI is InChI=1S/C19H23FN4O/c1-13-12-23(17-6-4-5-16(20)11-17)9-10-24(13)19(25)8-7-18-21-14(2)15(3)22-18/h4-8,11,13H,9-10,12H2,1-3H3,(H,21,22)/b8-7+. The number of piperazine rings is 1. The zero-order chi connectivity index (χ0) is 18.0. The van der Waals surface area contributed by atoms with Gasteiger partial charge in [-0.3, -0.25) is 4.79 Å². The fraction of sp³-hybridized carbons (Fsp3) is 0.368. The van der Waals surface area contributed by atoms with Gasteiger partial charge in [0.1, 0.15) is 11.6 Å². The molecule has 132 valence electrons. The molecule has 5 nitrogen and oxygen atoms in total. The molecule has 1 N–H and O–H groups in total. The van der Waals surface area contributed by atoms with Crippen LogP contribution >= 0.6 is 0 Å². The Balaban J connectivity index is 1.63. The second-order valence-electron chi connectivity index (χ2n) is 6.47. The number of halogens is 1. The normalized spacial score (nSPS) is 18.2. The first kappa shape index (κ1) is 17.2. The molecule has 1 aliphatic rings. The van der Waals surface area contributed by atoms with E-state index in [1.807, 2.05) is 31.7 Å². The summed E-state index contributed by atoms with van der Waals surface area (Å²) in [5.74, 6) is 0.420. The lowest BCUT2D eigenvalue weighted by Gasteiger charge is -2.40. The van der Waals surface area contributed by atoms with Gasteiger partial charge in [-0.2, -0.15) is 0 Å². The molecule has 1 amide bonds. The number of aromatic amines is 1. The molecule has 0 aliphatic carbocycles. The molecule has 2 heterocycles. The van der Waals surface area contributed by atoms with E-state index in [1.54, 1.807) is 18.2 Å². The average Bonchev–Trinajstić information content (AvgIpc) is 2.91. The van der Waals surface area contributed by atoms with Crippen molar-refractivity contribution in [2.75, 3.05) is 24.5 Å². The second-order valence-corrected chi connectivity index (χ2v) is 6.47. The Hall–Kier alpha value is -2.63. The number of rotatable bonds is 3. The lowest BCUT2D eigenvalue weighted by atomic mass is 10.1. The summed E-state index contributed by atoms with van der Waals surface area (Å²) in [5.41, 5.74) is 2.80. The summed E-state index contributed by atoms with van der Waals surface area (Å²) in [6.07, 6.45) is 3.28. The average molecular weight is 342 g/mol. The molecule has 1 unspecified atom stereocenters. The number of H-pyrrole nitrogens is 1. The predicted octanol–water partition coefficient (Wildman–Crippen LogP) is 2.92. The maximum Gasteiger partial charge on any atom is 0.247 e. The molecule has 0 radical (unpaired) electrons. The molecule has 1 atom stereocenters. The summed E-state index contributed by atoms with van der Waals surface area (Å²) in [6.45, 7) is 7.87. The SMILES string of the molecule is Cc1nc(/C=C/C(=O)N2CCN(c3cccc(F)c3)CC2C)[nH]c1C. The van der Waals surface area contributed by atoms with Crippen LogP contribution in [-0.4, -0.2) is 46.5 Å². The molecule has 2 aromatic rings. The zero-order valence-corrected chi connectivity index (χ0v) is 14.8. The highest BCUT2D eigenvalue weighted by molar-refractivity contribution is 5.91. The number of imidazole rings is 1. The largest absolute Gasteiger partial charge is 0.368 e. The Morgan fingerprint density at radius 3 is 2.80 bits per heavy atom. The van der Waals surface area contributed by atoms with Crippen molar-refractivity contribution in [2.45, 2.75) is 26.8 Å². The minimum atomic E-state index is -0.240. The number of nitrogens with one attached hydrogen (secondary N) is 1. The smallest absolute Gasteiger partial charge is 0.247 e. The maximum absolute atomic E-state index is 13.4.